The van der Waals surface area contributed by atoms with Crippen LogP contribution in [-0.4, -0.2) is 37.2 Å². The first kappa shape index (κ1) is 48.6. The molecule has 6 nitrogen and oxygen atoms in total. The number of unbranched alkanes of at least 4 members (excludes halogenated alkanes) is 14. The van der Waals surface area contributed by atoms with E-state index in [0.717, 1.165) is 83.5 Å². The third kappa shape index (κ3) is 37.8. The third-order valence-corrected chi connectivity index (χ3v) is 8.27. The summed E-state index contributed by atoms with van der Waals surface area (Å²) in [6.07, 6.45) is 50.3. The van der Waals surface area contributed by atoms with E-state index < -0.39 is 12.1 Å². The Labute approximate surface area is 318 Å². The zero-order valence-corrected chi connectivity index (χ0v) is 33.3. The first-order valence-corrected chi connectivity index (χ1v) is 20.6. The molecule has 0 aromatic heterocycles. The number of carbonyl (C=O) groups excluding carboxylic acids is 3. The van der Waals surface area contributed by atoms with Gasteiger partial charge in [-0.05, 0) is 51.4 Å². The van der Waals surface area contributed by atoms with Crippen molar-refractivity contribution >= 4 is 17.9 Å². The van der Waals surface area contributed by atoms with Crippen LogP contribution in [0.4, 0.5) is 0 Å². The van der Waals surface area contributed by atoms with Gasteiger partial charge in [0.1, 0.15) is 13.2 Å². The molecule has 0 aliphatic rings. The minimum Gasteiger partial charge on any atom is -0.462 e. The lowest BCUT2D eigenvalue weighted by Gasteiger charge is -2.18. The van der Waals surface area contributed by atoms with Crippen LogP contribution in [0.3, 0.4) is 0 Å². The van der Waals surface area contributed by atoms with E-state index in [2.05, 4.69) is 69.4 Å². The van der Waals surface area contributed by atoms with Crippen LogP contribution >= 0.6 is 0 Å². The summed E-state index contributed by atoms with van der Waals surface area (Å²) in [6.45, 7) is 6.21. The molecule has 0 aromatic rings. The molecule has 0 rings (SSSR count). The number of carbonyl (C=O) groups is 3. The van der Waals surface area contributed by atoms with Gasteiger partial charge in [0, 0.05) is 12.8 Å². The Morgan fingerprint density at radius 2 is 0.904 bits per heavy atom. The molecule has 0 fully saturated rings. The third-order valence-electron chi connectivity index (χ3n) is 8.27. The lowest BCUT2D eigenvalue weighted by Crippen LogP contribution is -2.30. The summed E-state index contributed by atoms with van der Waals surface area (Å²) in [5, 5.41) is 0. The Morgan fingerprint density at radius 1 is 0.442 bits per heavy atom. The first-order valence-electron chi connectivity index (χ1n) is 20.6. The van der Waals surface area contributed by atoms with Gasteiger partial charge in [0.15, 0.2) is 6.10 Å². The van der Waals surface area contributed by atoms with Crippen LogP contribution in [0.1, 0.15) is 168 Å². The first-order chi connectivity index (χ1) is 25.5. The van der Waals surface area contributed by atoms with E-state index in [1.165, 1.54) is 44.9 Å². The number of esters is 3. The van der Waals surface area contributed by atoms with Gasteiger partial charge in [-0.25, -0.2) is 0 Å². The monoisotopic (exact) mass is 723 g/mol. The van der Waals surface area contributed by atoms with Crippen molar-refractivity contribution in [3.63, 3.8) is 0 Å². The van der Waals surface area contributed by atoms with Gasteiger partial charge in [-0.1, -0.05) is 183 Å². The predicted octanol–water partition coefficient (Wildman–Crippen LogP) is 12.9. The van der Waals surface area contributed by atoms with Gasteiger partial charge < -0.3 is 14.2 Å². The Bertz CT molecular complexity index is 1060. The largest absolute Gasteiger partial charge is 0.462 e. The maximum atomic E-state index is 12.6. The molecule has 0 saturated heterocycles. The minimum atomic E-state index is -0.816. The highest BCUT2D eigenvalue weighted by atomic mass is 16.6. The minimum absolute atomic E-state index is 0.116. The van der Waals surface area contributed by atoms with E-state index in [1.54, 1.807) is 6.08 Å². The van der Waals surface area contributed by atoms with Crippen molar-refractivity contribution in [3.8, 4) is 0 Å². The number of hydrogen-bond donors (Lipinski definition) is 0. The molecule has 294 valence electrons. The molecule has 0 amide bonds. The highest BCUT2D eigenvalue weighted by Gasteiger charge is 2.19. The molecule has 0 bridgehead atoms. The Kier molecular flexibility index (Phi) is 37.7. The van der Waals surface area contributed by atoms with E-state index in [9.17, 15) is 14.4 Å². The van der Waals surface area contributed by atoms with Gasteiger partial charge in [0.25, 0.3) is 0 Å². The van der Waals surface area contributed by atoms with E-state index >= 15 is 0 Å². The number of ether oxygens (including phenoxy) is 3. The standard InChI is InChI=1S/C46H74O6/c1-4-7-10-13-16-19-21-22-23-24-25-28-30-33-36-39-45(48)51-42-43(41-50-44(47)38-35-32-29-26-18-15-12-9-6-3)52-46(49)40-37-34-31-27-20-17-14-11-8-5-2/h7,9-10,12-13,16,18-19,21-23,26,32,35,43H,4-6,8,11,14-15,17,20,24-25,27-31,33-34,36-42H2,1-3H3/b10-7-,12-9-,16-13-,21-19-,23-22-,26-18-,35-32-. The van der Waals surface area contributed by atoms with Crippen molar-refractivity contribution in [3.05, 3.63) is 85.1 Å². The average Bonchev–Trinajstić information content (AvgIpc) is 3.14. The quantitative estimate of drug-likeness (QED) is 0.0213. The predicted molar refractivity (Wildman–Crippen MR) is 219 cm³/mol. The van der Waals surface area contributed by atoms with Crippen LogP contribution < -0.4 is 0 Å². The summed E-state index contributed by atoms with van der Waals surface area (Å²) >= 11 is 0. The van der Waals surface area contributed by atoms with Crippen molar-refractivity contribution in [2.24, 2.45) is 0 Å². The summed E-state index contributed by atoms with van der Waals surface area (Å²) in [5.74, 6) is -1.08. The van der Waals surface area contributed by atoms with Crippen LogP contribution in [-0.2, 0) is 28.6 Å². The molecule has 1 unspecified atom stereocenters. The Balaban J connectivity index is 4.49. The SMILES string of the molecule is CC\C=C/C=C\C=C/C=C\CCCCCCCC(=O)OCC(COC(=O)C/C=C\C/C=C\C/C=C\CC)OC(=O)CCCCCCCCCCCC. The van der Waals surface area contributed by atoms with Gasteiger partial charge in [-0.2, -0.15) is 0 Å². The van der Waals surface area contributed by atoms with Crippen LogP contribution in [0.25, 0.3) is 0 Å². The zero-order valence-electron chi connectivity index (χ0n) is 33.3. The number of rotatable bonds is 35. The van der Waals surface area contributed by atoms with Crippen LogP contribution in [0.5, 0.6) is 0 Å². The highest BCUT2D eigenvalue weighted by molar-refractivity contribution is 5.72. The molecule has 1 atom stereocenters. The van der Waals surface area contributed by atoms with Crippen LogP contribution in [0, 0.1) is 0 Å². The second-order valence-electron chi connectivity index (χ2n) is 13.2. The molecule has 6 heteroatoms. The molecule has 0 heterocycles. The maximum absolute atomic E-state index is 12.6. The van der Waals surface area contributed by atoms with E-state index in [4.69, 9.17) is 14.2 Å². The van der Waals surface area contributed by atoms with Gasteiger partial charge in [-0.3, -0.25) is 14.4 Å². The van der Waals surface area contributed by atoms with Crippen molar-refractivity contribution in [2.45, 2.75) is 175 Å². The summed E-state index contributed by atoms with van der Waals surface area (Å²) < 4.78 is 16.5. The van der Waals surface area contributed by atoms with E-state index in [-0.39, 0.29) is 31.6 Å². The lowest BCUT2D eigenvalue weighted by molar-refractivity contribution is -0.166. The number of hydrogen-bond acceptors (Lipinski definition) is 6. The van der Waals surface area contributed by atoms with Gasteiger partial charge >= 0.3 is 17.9 Å². The Morgan fingerprint density at radius 3 is 1.50 bits per heavy atom. The fraction of sp³-hybridized carbons (Fsp3) is 0.630. The van der Waals surface area contributed by atoms with E-state index in [1.807, 2.05) is 30.4 Å². The average molecular weight is 723 g/mol. The van der Waals surface area contributed by atoms with Crippen molar-refractivity contribution in [1.82, 2.24) is 0 Å². The van der Waals surface area contributed by atoms with Crippen LogP contribution in [0.15, 0.2) is 85.1 Å². The topological polar surface area (TPSA) is 78.9 Å². The molecule has 52 heavy (non-hydrogen) atoms. The molecule has 0 N–H and O–H groups in total. The fourth-order valence-corrected chi connectivity index (χ4v) is 5.22. The molecule has 0 saturated carbocycles. The zero-order chi connectivity index (χ0) is 38.0. The smallest absolute Gasteiger partial charge is 0.309 e. The van der Waals surface area contributed by atoms with Crippen LogP contribution in [0.2, 0.25) is 0 Å². The number of allylic oxidation sites excluding steroid dienone is 13. The maximum Gasteiger partial charge on any atom is 0.309 e. The highest BCUT2D eigenvalue weighted by Crippen LogP contribution is 2.13. The molecule has 0 aliphatic carbocycles. The van der Waals surface area contributed by atoms with Gasteiger partial charge in [-0.15, -0.1) is 0 Å². The summed E-state index contributed by atoms with van der Waals surface area (Å²) in [5.41, 5.74) is 0. The summed E-state index contributed by atoms with van der Waals surface area (Å²) in [7, 11) is 0. The van der Waals surface area contributed by atoms with Crippen molar-refractivity contribution < 1.29 is 28.6 Å². The van der Waals surface area contributed by atoms with Gasteiger partial charge in [0.2, 0.25) is 0 Å². The molecule has 0 spiro atoms. The van der Waals surface area contributed by atoms with Gasteiger partial charge in [0.05, 0.1) is 6.42 Å². The van der Waals surface area contributed by atoms with Crippen molar-refractivity contribution in [2.75, 3.05) is 13.2 Å². The second-order valence-corrected chi connectivity index (χ2v) is 13.2. The molecule has 0 aliphatic heterocycles. The Hall–Kier alpha value is -3.41. The lowest BCUT2D eigenvalue weighted by atomic mass is 10.1. The van der Waals surface area contributed by atoms with Crippen molar-refractivity contribution in [1.29, 1.82) is 0 Å². The normalized spacial score (nSPS) is 12.9. The second kappa shape index (κ2) is 40.4. The van der Waals surface area contributed by atoms with E-state index in [0.29, 0.717) is 12.8 Å². The fourth-order valence-electron chi connectivity index (χ4n) is 5.22. The summed E-state index contributed by atoms with van der Waals surface area (Å²) in [6, 6.07) is 0. The molecule has 0 radical (unpaired) electrons. The molecular formula is C46H74O6. The molecular weight excluding hydrogens is 648 g/mol. The summed E-state index contributed by atoms with van der Waals surface area (Å²) in [4.78, 5) is 37.4. The molecule has 0 aromatic carbocycles.